The Balaban J connectivity index is 3.07. The number of halogens is 3. The third-order valence-electron chi connectivity index (χ3n) is 1.81. The van der Waals surface area contributed by atoms with E-state index in [4.69, 9.17) is 40.5 Å². The predicted octanol–water partition coefficient (Wildman–Crippen LogP) is 1.79. The third-order valence-corrected chi connectivity index (χ3v) is 2.84. The molecule has 82 valence electrons. The first-order chi connectivity index (χ1) is 6.91. The van der Waals surface area contributed by atoms with Crippen molar-refractivity contribution in [2.24, 2.45) is 5.73 Å². The van der Waals surface area contributed by atoms with Crippen molar-refractivity contribution in [3.8, 4) is 0 Å². The van der Waals surface area contributed by atoms with Gasteiger partial charge in [-0.15, -0.1) is 0 Å². The molecule has 0 fully saturated rings. The zero-order valence-corrected chi connectivity index (χ0v) is 9.73. The van der Waals surface area contributed by atoms with Crippen LogP contribution in [0.5, 0.6) is 0 Å². The van der Waals surface area contributed by atoms with Gasteiger partial charge < -0.3 is 15.6 Å². The van der Waals surface area contributed by atoms with Crippen LogP contribution < -0.4 is 10.8 Å². The van der Waals surface area contributed by atoms with Crippen LogP contribution in [0.25, 0.3) is 0 Å². The number of hydrogen-bond donors (Lipinski definition) is 1. The summed E-state index contributed by atoms with van der Waals surface area (Å²) in [4.78, 5) is 10.4. The van der Waals surface area contributed by atoms with Crippen LogP contribution in [-0.2, 0) is 4.79 Å². The molecule has 15 heavy (non-hydrogen) atoms. The third kappa shape index (κ3) is 3.24. The molecule has 2 N–H and O–H groups in total. The molecule has 0 heterocycles. The molecule has 3 nitrogen and oxygen atoms in total. The van der Waals surface area contributed by atoms with Crippen LogP contribution in [0.15, 0.2) is 12.1 Å². The largest absolute Gasteiger partial charge is 0.550 e. The number of carbonyl (C=O) groups is 1. The first-order valence-corrected chi connectivity index (χ1v) is 5.15. The molecule has 0 aliphatic heterocycles. The van der Waals surface area contributed by atoms with E-state index < -0.39 is 12.0 Å². The summed E-state index contributed by atoms with van der Waals surface area (Å²) in [6.07, 6.45) is -0.337. The molecule has 1 atom stereocenters. The van der Waals surface area contributed by atoms with Crippen molar-refractivity contribution in [3.05, 3.63) is 32.8 Å². The van der Waals surface area contributed by atoms with Gasteiger partial charge in [0.1, 0.15) is 0 Å². The molecule has 0 aromatic heterocycles. The lowest BCUT2D eigenvalue weighted by molar-refractivity contribution is -0.306. The van der Waals surface area contributed by atoms with Crippen molar-refractivity contribution in [2.45, 2.75) is 12.5 Å². The molecule has 1 unspecified atom stereocenters. The normalized spacial score (nSPS) is 12.5. The standard InChI is InChI=1S/C9H8Cl3NO2/c10-4-1-5(7(13)3-8(14)15)9(12)6(11)2-4/h1-2,7H,3,13H2,(H,14,15)/p-1. The van der Waals surface area contributed by atoms with Crippen molar-refractivity contribution in [3.63, 3.8) is 0 Å². The highest BCUT2D eigenvalue weighted by Gasteiger charge is 2.14. The second-order valence-electron chi connectivity index (χ2n) is 2.97. The molecule has 0 saturated heterocycles. The number of carboxylic acid groups (broad SMARTS) is 1. The fraction of sp³-hybridized carbons (Fsp3) is 0.222. The van der Waals surface area contributed by atoms with Crippen LogP contribution in [0.2, 0.25) is 15.1 Å². The second kappa shape index (κ2) is 5.03. The highest BCUT2D eigenvalue weighted by molar-refractivity contribution is 6.43. The van der Waals surface area contributed by atoms with E-state index in [2.05, 4.69) is 0 Å². The van der Waals surface area contributed by atoms with E-state index >= 15 is 0 Å². The van der Waals surface area contributed by atoms with Crippen LogP contribution in [0.3, 0.4) is 0 Å². The minimum Gasteiger partial charge on any atom is -0.550 e. The summed E-state index contributed by atoms with van der Waals surface area (Å²) < 4.78 is 0. The second-order valence-corrected chi connectivity index (χ2v) is 4.20. The van der Waals surface area contributed by atoms with Crippen LogP contribution in [0, 0.1) is 0 Å². The van der Waals surface area contributed by atoms with E-state index in [1.165, 1.54) is 12.1 Å². The molecule has 1 aromatic carbocycles. The first-order valence-electron chi connectivity index (χ1n) is 4.01. The Labute approximate surface area is 102 Å². The van der Waals surface area contributed by atoms with E-state index in [0.717, 1.165) is 0 Å². The van der Waals surface area contributed by atoms with Crippen molar-refractivity contribution in [1.82, 2.24) is 0 Å². The summed E-state index contributed by atoms with van der Waals surface area (Å²) in [5.41, 5.74) is 6.01. The van der Waals surface area contributed by atoms with Gasteiger partial charge in [-0.2, -0.15) is 0 Å². The number of aliphatic carboxylic acids is 1. The molecule has 0 spiro atoms. The van der Waals surface area contributed by atoms with Gasteiger partial charge in [0.2, 0.25) is 0 Å². The summed E-state index contributed by atoms with van der Waals surface area (Å²) in [5, 5.41) is 11.2. The molecule has 0 saturated carbocycles. The Bertz CT molecular complexity index is 395. The molecule has 0 aliphatic carbocycles. The highest BCUT2D eigenvalue weighted by atomic mass is 35.5. The molecule has 0 radical (unpaired) electrons. The van der Waals surface area contributed by atoms with Crippen LogP contribution in [0.4, 0.5) is 0 Å². The fourth-order valence-electron chi connectivity index (χ4n) is 1.14. The smallest absolute Gasteiger partial charge is 0.0641 e. The molecular formula is C9H7Cl3NO2-. The van der Waals surface area contributed by atoms with Gasteiger partial charge >= 0.3 is 0 Å². The maximum Gasteiger partial charge on any atom is 0.0641 e. The number of nitrogens with two attached hydrogens (primary N) is 1. The summed E-state index contributed by atoms with van der Waals surface area (Å²) >= 11 is 17.4. The van der Waals surface area contributed by atoms with E-state index in [0.29, 0.717) is 10.6 Å². The van der Waals surface area contributed by atoms with Gasteiger partial charge in [0.05, 0.1) is 10.0 Å². The summed E-state index contributed by atoms with van der Waals surface area (Å²) in [5.74, 6) is -1.25. The Morgan fingerprint density at radius 1 is 1.40 bits per heavy atom. The topological polar surface area (TPSA) is 66.2 Å². The molecule has 1 rings (SSSR count). The van der Waals surface area contributed by atoms with Crippen molar-refractivity contribution >= 4 is 40.8 Å². The van der Waals surface area contributed by atoms with Gasteiger partial charge in [0, 0.05) is 23.5 Å². The highest BCUT2D eigenvalue weighted by Crippen LogP contribution is 2.33. The van der Waals surface area contributed by atoms with E-state index in [9.17, 15) is 9.90 Å². The maximum absolute atomic E-state index is 10.4. The lowest BCUT2D eigenvalue weighted by Crippen LogP contribution is -2.27. The van der Waals surface area contributed by atoms with Gasteiger partial charge in [0.15, 0.2) is 0 Å². The predicted molar refractivity (Wildman–Crippen MR) is 58.0 cm³/mol. The van der Waals surface area contributed by atoms with Gasteiger partial charge in [-0.25, -0.2) is 0 Å². The summed E-state index contributed by atoms with van der Waals surface area (Å²) in [6, 6.07) is 2.17. The van der Waals surface area contributed by atoms with Crippen molar-refractivity contribution in [2.75, 3.05) is 0 Å². The number of carboxylic acids is 1. The SMILES string of the molecule is NC(CC(=O)[O-])c1cc(Cl)cc(Cl)c1Cl. The van der Waals surface area contributed by atoms with E-state index in [1.807, 2.05) is 0 Å². The van der Waals surface area contributed by atoms with Gasteiger partial charge in [-0.1, -0.05) is 34.8 Å². The maximum atomic E-state index is 10.4. The molecule has 0 bridgehead atoms. The summed E-state index contributed by atoms with van der Waals surface area (Å²) in [6.45, 7) is 0. The number of benzene rings is 1. The molecule has 0 aliphatic rings. The Kier molecular flexibility index (Phi) is 4.22. The fourth-order valence-corrected chi connectivity index (χ4v) is 1.89. The molecule has 6 heteroatoms. The molecule has 0 amide bonds. The van der Waals surface area contributed by atoms with Crippen molar-refractivity contribution < 1.29 is 9.90 Å². The Morgan fingerprint density at radius 3 is 2.53 bits per heavy atom. The van der Waals surface area contributed by atoms with Crippen LogP contribution in [0.1, 0.15) is 18.0 Å². The van der Waals surface area contributed by atoms with Crippen molar-refractivity contribution in [1.29, 1.82) is 0 Å². The quantitative estimate of drug-likeness (QED) is 0.849. The number of rotatable bonds is 3. The average molecular weight is 268 g/mol. The minimum atomic E-state index is -1.25. The van der Waals surface area contributed by atoms with E-state index in [-0.39, 0.29) is 16.5 Å². The van der Waals surface area contributed by atoms with Crippen LogP contribution in [-0.4, -0.2) is 5.97 Å². The molecular weight excluding hydrogens is 260 g/mol. The first kappa shape index (κ1) is 12.6. The Hall–Kier alpha value is -0.480. The number of carbonyl (C=O) groups excluding carboxylic acids is 1. The average Bonchev–Trinajstić information content (AvgIpc) is 2.09. The lowest BCUT2D eigenvalue weighted by atomic mass is 10.0. The zero-order valence-electron chi connectivity index (χ0n) is 7.47. The van der Waals surface area contributed by atoms with Gasteiger partial charge in [-0.05, 0) is 17.7 Å². The van der Waals surface area contributed by atoms with E-state index in [1.54, 1.807) is 0 Å². The lowest BCUT2D eigenvalue weighted by Gasteiger charge is -2.15. The zero-order chi connectivity index (χ0) is 11.6. The van der Waals surface area contributed by atoms with Gasteiger partial charge in [-0.3, -0.25) is 0 Å². The van der Waals surface area contributed by atoms with Gasteiger partial charge in [0.25, 0.3) is 0 Å². The minimum absolute atomic E-state index is 0.217. The molecule has 1 aromatic rings. The van der Waals surface area contributed by atoms with Crippen LogP contribution >= 0.6 is 34.8 Å². The summed E-state index contributed by atoms with van der Waals surface area (Å²) in [7, 11) is 0. The Morgan fingerprint density at radius 2 is 2.00 bits per heavy atom. The monoisotopic (exact) mass is 266 g/mol. The number of hydrogen-bond acceptors (Lipinski definition) is 3.